The zero-order valence-corrected chi connectivity index (χ0v) is 15.5. The second kappa shape index (κ2) is 7.84. The van der Waals surface area contributed by atoms with Crippen molar-refractivity contribution in [2.24, 2.45) is 11.8 Å². The van der Waals surface area contributed by atoms with Gasteiger partial charge in [0.15, 0.2) is 0 Å². The number of carboxylic acids is 1. The van der Waals surface area contributed by atoms with Crippen LogP contribution in [0, 0.1) is 11.8 Å². The molecule has 0 unspecified atom stereocenters. The van der Waals surface area contributed by atoms with Gasteiger partial charge in [0.2, 0.25) is 5.91 Å². The molecule has 2 aromatic carbocycles. The standard InChI is InChI=1S/C22H23N3O3/c26-21(17-9-10-18(11-17)22(27)28)23-12-15-5-7-16(8-6-15)13-25-14-24-19-3-1-2-4-20(19)25/h1-8,14,17-18H,9-13H2,(H,23,26)(H,27,28)/t17-,18+/m0/s1. The second-order valence-corrected chi connectivity index (χ2v) is 7.44. The van der Waals surface area contributed by atoms with Crippen LogP contribution in [-0.2, 0) is 22.7 Å². The van der Waals surface area contributed by atoms with Crippen molar-refractivity contribution in [2.45, 2.75) is 32.4 Å². The van der Waals surface area contributed by atoms with Gasteiger partial charge in [-0.05, 0) is 42.5 Å². The first-order chi connectivity index (χ1) is 13.6. The highest BCUT2D eigenvalue weighted by molar-refractivity contribution is 5.80. The molecule has 28 heavy (non-hydrogen) atoms. The molecule has 1 aromatic heterocycles. The van der Waals surface area contributed by atoms with Crippen LogP contribution in [0.4, 0.5) is 0 Å². The molecule has 1 aliphatic carbocycles. The van der Waals surface area contributed by atoms with E-state index in [2.05, 4.69) is 33.1 Å². The summed E-state index contributed by atoms with van der Waals surface area (Å²) in [5.41, 5.74) is 4.28. The van der Waals surface area contributed by atoms with E-state index in [1.165, 1.54) is 5.56 Å². The normalized spacial score (nSPS) is 19.0. The van der Waals surface area contributed by atoms with Crippen LogP contribution in [0.3, 0.4) is 0 Å². The SMILES string of the molecule is O=C(O)[C@@H]1CC[C@H](C(=O)NCc2ccc(Cn3cnc4ccccc43)cc2)C1. The monoisotopic (exact) mass is 377 g/mol. The van der Waals surface area contributed by atoms with Crippen LogP contribution < -0.4 is 5.32 Å². The van der Waals surface area contributed by atoms with Gasteiger partial charge in [0, 0.05) is 19.0 Å². The maximum atomic E-state index is 12.3. The van der Waals surface area contributed by atoms with E-state index in [4.69, 9.17) is 5.11 Å². The molecule has 0 spiro atoms. The molecule has 6 nitrogen and oxygen atoms in total. The van der Waals surface area contributed by atoms with E-state index in [0.717, 1.165) is 23.1 Å². The van der Waals surface area contributed by atoms with E-state index in [9.17, 15) is 9.59 Å². The number of carboxylic acid groups (broad SMARTS) is 1. The van der Waals surface area contributed by atoms with Crippen LogP contribution in [0.15, 0.2) is 54.9 Å². The summed E-state index contributed by atoms with van der Waals surface area (Å²) in [4.78, 5) is 27.7. The molecule has 0 bridgehead atoms. The third kappa shape index (κ3) is 3.91. The fraction of sp³-hybridized carbons (Fsp3) is 0.318. The molecule has 0 radical (unpaired) electrons. The van der Waals surface area contributed by atoms with Gasteiger partial charge in [-0.2, -0.15) is 0 Å². The largest absolute Gasteiger partial charge is 0.481 e. The van der Waals surface area contributed by atoms with E-state index in [-0.39, 0.29) is 17.7 Å². The van der Waals surface area contributed by atoms with Gasteiger partial charge in [0.1, 0.15) is 0 Å². The zero-order valence-electron chi connectivity index (χ0n) is 15.5. The number of hydrogen-bond donors (Lipinski definition) is 2. The molecule has 144 valence electrons. The smallest absolute Gasteiger partial charge is 0.306 e. The molecule has 0 aliphatic heterocycles. The van der Waals surface area contributed by atoms with Crippen molar-refractivity contribution in [3.05, 3.63) is 66.0 Å². The number of carbonyl (C=O) groups excluding carboxylic acids is 1. The van der Waals surface area contributed by atoms with Crippen LogP contribution >= 0.6 is 0 Å². The molecule has 0 saturated heterocycles. The number of fused-ring (bicyclic) bond motifs is 1. The van der Waals surface area contributed by atoms with Gasteiger partial charge >= 0.3 is 5.97 Å². The summed E-state index contributed by atoms with van der Waals surface area (Å²) in [5, 5.41) is 12.0. The third-order valence-electron chi connectivity index (χ3n) is 5.52. The third-order valence-corrected chi connectivity index (χ3v) is 5.52. The van der Waals surface area contributed by atoms with Gasteiger partial charge in [-0.15, -0.1) is 0 Å². The number of aliphatic carboxylic acids is 1. The Morgan fingerprint density at radius 3 is 2.50 bits per heavy atom. The molecule has 6 heteroatoms. The number of nitrogens with one attached hydrogen (secondary N) is 1. The van der Waals surface area contributed by atoms with Crippen molar-refractivity contribution in [2.75, 3.05) is 0 Å². The lowest BCUT2D eigenvalue weighted by Crippen LogP contribution is -2.29. The number of nitrogens with zero attached hydrogens (tertiary/aromatic N) is 2. The fourth-order valence-corrected chi connectivity index (χ4v) is 3.87. The molecule has 1 saturated carbocycles. The highest BCUT2D eigenvalue weighted by atomic mass is 16.4. The highest BCUT2D eigenvalue weighted by Gasteiger charge is 2.33. The van der Waals surface area contributed by atoms with Crippen molar-refractivity contribution in [3.63, 3.8) is 0 Å². The van der Waals surface area contributed by atoms with E-state index in [1.54, 1.807) is 0 Å². The molecule has 1 aliphatic rings. The van der Waals surface area contributed by atoms with E-state index in [1.807, 2.05) is 36.7 Å². The summed E-state index contributed by atoms with van der Waals surface area (Å²) in [5.74, 6) is -1.40. The average Bonchev–Trinajstić information content (AvgIpc) is 3.35. The number of rotatable bonds is 6. The Morgan fingerprint density at radius 2 is 1.75 bits per heavy atom. The molecule has 1 amide bonds. The quantitative estimate of drug-likeness (QED) is 0.691. The van der Waals surface area contributed by atoms with E-state index in [0.29, 0.717) is 25.8 Å². The van der Waals surface area contributed by atoms with Crippen LogP contribution in [-0.4, -0.2) is 26.5 Å². The van der Waals surface area contributed by atoms with Gasteiger partial charge in [-0.25, -0.2) is 4.98 Å². The van der Waals surface area contributed by atoms with Crippen molar-refractivity contribution < 1.29 is 14.7 Å². The van der Waals surface area contributed by atoms with Crippen molar-refractivity contribution >= 4 is 22.9 Å². The summed E-state index contributed by atoms with van der Waals surface area (Å²) in [6.07, 6.45) is 3.54. The Bertz CT molecular complexity index is 994. The average molecular weight is 377 g/mol. The second-order valence-electron chi connectivity index (χ2n) is 7.44. The van der Waals surface area contributed by atoms with Gasteiger partial charge in [0.05, 0.1) is 23.3 Å². The lowest BCUT2D eigenvalue weighted by Gasteiger charge is -2.11. The van der Waals surface area contributed by atoms with Gasteiger partial charge in [-0.3, -0.25) is 9.59 Å². The van der Waals surface area contributed by atoms with E-state index < -0.39 is 5.97 Å². The Hall–Kier alpha value is -3.15. The first-order valence-corrected chi connectivity index (χ1v) is 9.58. The summed E-state index contributed by atoms with van der Waals surface area (Å²) in [6, 6.07) is 16.2. The Kier molecular flexibility index (Phi) is 5.10. The number of carbonyl (C=O) groups is 2. The van der Waals surface area contributed by atoms with Gasteiger partial charge in [-0.1, -0.05) is 36.4 Å². The maximum absolute atomic E-state index is 12.3. The minimum Gasteiger partial charge on any atom is -0.481 e. The van der Waals surface area contributed by atoms with Crippen molar-refractivity contribution in [1.82, 2.24) is 14.9 Å². The number of hydrogen-bond acceptors (Lipinski definition) is 3. The predicted octanol–water partition coefficient (Wildman–Crippen LogP) is 3.20. The Balaban J connectivity index is 1.32. The number of aromatic nitrogens is 2. The van der Waals surface area contributed by atoms with Crippen LogP contribution in [0.5, 0.6) is 0 Å². The summed E-state index contributed by atoms with van der Waals surface area (Å²) >= 11 is 0. The Labute approximate surface area is 163 Å². The molecule has 2 atom stereocenters. The highest BCUT2D eigenvalue weighted by Crippen LogP contribution is 2.31. The predicted molar refractivity (Wildman–Crippen MR) is 106 cm³/mol. The molecule has 4 rings (SSSR count). The van der Waals surface area contributed by atoms with Gasteiger partial charge in [0.25, 0.3) is 0 Å². The van der Waals surface area contributed by atoms with Crippen LogP contribution in [0.25, 0.3) is 11.0 Å². The first-order valence-electron chi connectivity index (χ1n) is 9.58. The number of para-hydroxylation sites is 2. The van der Waals surface area contributed by atoms with Crippen LogP contribution in [0.1, 0.15) is 30.4 Å². The first kappa shape index (κ1) is 18.2. The lowest BCUT2D eigenvalue weighted by molar-refractivity contribution is -0.141. The lowest BCUT2D eigenvalue weighted by atomic mass is 10.0. The molecular formula is C22H23N3O3. The Morgan fingerprint density at radius 1 is 1.04 bits per heavy atom. The van der Waals surface area contributed by atoms with Crippen molar-refractivity contribution in [3.8, 4) is 0 Å². The maximum Gasteiger partial charge on any atom is 0.306 e. The topological polar surface area (TPSA) is 84.2 Å². The molecule has 2 N–H and O–H groups in total. The molecule has 3 aromatic rings. The molecule has 1 fully saturated rings. The van der Waals surface area contributed by atoms with Crippen LogP contribution in [0.2, 0.25) is 0 Å². The zero-order chi connectivity index (χ0) is 19.5. The van der Waals surface area contributed by atoms with Crippen molar-refractivity contribution in [1.29, 1.82) is 0 Å². The number of benzene rings is 2. The molecule has 1 heterocycles. The minimum absolute atomic E-state index is 0.0438. The fourth-order valence-electron chi connectivity index (χ4n) is 3.87. The molecular weight excluding hydrogens is 354 g/mol. The number of imidazole rings is 1. The van der Waals surface area contributed by atoms with E-state index >= 15 is 0 Å². The minimum atomic E-state index is -0.795. The summed E-state index contributed by atoms with van der Waals surface area (Å²) in [6.45, 7) is 1.20. The summed E-state index contributed by atoms with van der Waals surface area (Å²) < 4.78 is 2.12. The summed E-state index contributed by atoms with van der Waals surface area (Å²) in [7, 11) is 0. The van der Waals surface area contributed by atoms with Gasteiger partial charge < -0.3 is 15.0 Å². The number of amides is 1.